The zero-order valence-corrected chi connectivity index (χ0v) is 5.84. The smallest absolute Gasteiger partial charge is 0.328 e. The number of rotatable bonds is 2. The molecule has 53 valence electrons. The van der Waals surface area contributed by atoms with Gasteiger partial charge in [-0.05, 0) is 0 Å². The van der Waals surface area contributed by atoms with Gasteiger partial charge in [-0.1, -0.05) is 0 Å². The molecule has 0 rings (SSSR count). The maximum absolute atomic E-state index is 9.55. The molecule has 0 aliphatic heterocycles. The van der Waals surface area contributed by atoms with E-state index in [2.05, 4.69) is 0 Å². The second kappa shape index (κ2) is 5.44. The Morgan fingerprint density at radius 2 is 1.22 bits per heavy atom. The fourth-order valence-electron chi connectivity index (χ4n) is 0.143. The minimum Gasteiger partial charge on any atom is -0.478 e. The van der Waals surface area contributed by atoms with Gasteiger partial charge in [-0.3, -0.25) is 0 Å². The van der Waals surface area contributed by atoms with Gasteiger partial charge in [-0.2, -0.15) is 0 Å². The number of carboxylic acid groups (broad SMARTS) is 2. The summed E-state index contributed by atoms with van der Waals surface area (Å²) in [5.41, 5.74) is 0. The summed E-state index contributed by atoms with van der Waals surface area (Å²) in [4.78, 5) is 19.1. The standard InChI is InChI=1S/C4H4O4.Rh/c5-3(6)1-2-4(7)8;/h1-2H,(H,5,6)(H,7,8);. The molecule has 0 aliphatic rings. The predicted molar refractivity (Wildman–Crippen MR) is 24.4 cm³/mol. The number of carboxylic acids is 2. The second-order valence-corrected chi connectivity index (χ2v) is 1.01. The molecular weight excluding hydrogens is 215 g/mol. The van der Waals surface area contributed by atoms with Crippen LogP contribution in [0, 0.1) is 0 Å². The van der Waals surface area contributed by atoms with Crippen LogP contribution in [0.4, 0.5) is 0 Å². The van der Waals surface area contributed by atoms with Crippen molar-refractivity contribution in [3.05, 3.63) is 12.2 Å². The largest absolute Gasteiger partial charge is 0.478 e. The zero-order valence-electron chi connectivity index (χ0n) is 4.20. The van der Waals surface area contributed by atoms with Gasteiger partial charge in [0.25, 0.3) is 0 Å². The molecule has 0 unspecified atom stereocenters. The third-order valence-corrected chi connectivity index (χ3v) is 0.368. The van der Waals surface area contributed by atoms with Crippen LogP contribution < -0.4 is 0 Å². The van der Waals surface area contributed by atoms with E-state index in [0.717, 1.165) is 0 Å². The van der Waals surface area contributed by atoms with E-state index in [1.165, 1.54) is 0 Å². The van der Waals surface area contributed by atoms with E-state index in [4.69, 9.17) is 10.2 Å². The van der Waals surface area contributed by atoms with Crippen molar-refractivity contribution in [3.8, 4) is 0 Å². The van der Waals surface area contributed by atoms with E-state index in [1.807, 2.05) is 0 Å². The SMILES string of the molecule is O=C(O)C=CC(=O)O.[Rh]. The molecule has 0 heterocycles. The first-order valence-electron chi connectivity index (χ1n) is 1.77. The summed E-state index contributed by atoms with van der Waals surface area (Å²) in [7, 11) is 0. The minimum absolute atomic E-state index is 0. The van der Waals surface area contributed by atoms with E-state index >= 15 is 0 Å². The third kappa shape index (κ3) is 11.1. The Morgan fingerprint density at radius 1 is 1.00 bits per heavy atom. The predicted octanol–water partition coefficient (Wildman–Crippen LogP) is -0.291. The number of carbonyl (C=O) groups is 2. The maximum Gasteiger partial charge on any atom is 0.328 e. The van der Waals surface area contributed by atoms with E-state index in [-0.39, 0.29) is 19.5 Å². The van der Waals surface area contributed by atoms with Crippen LogP contribution >= 0.6 is 0 Å². The van der Waals surface area contributed by atoms with Gasteiger partial charge in [0.1, 0.15) is 0 Å². The normalized spacial score (nSPS) is 8.44. The van der Waals surface area contributed by atoms with Crippen LogP contribution in [0.25, 0.3) is 0 Å². The molecule has 0 spiro atoms. The van der Waals surface area contributed by atoms with Gasteiger partial charge in [-0.25, -0.2) is 9.59 Å². The number of aliphatic carboxylic acids is 2. The van der Waals surface area contributed by atoms with Crippen LogP contribution in [0.3, 0.4) is 0 Å². The summed E-state index contributed by atoms with van der Waals surface area (Å²) in [6.45, 7) is 0. The summed E-state index contributed by atoms with van der Waals surface area (Å²) < 4.78 is 0. The maximum atomic E-state index is 9.55. The summed E-state index contributed by atoms with van der Waals surface area (Å²) in [5.74, 6) is -2.51. The molecule has 0 amide bonds. The Kier molecular flexibility index (Phi) is 6.74. The van der Waals surface area contributed by atoms with Crippen LogP contribution in [0.15, 0.2) is 12.2 Å². The fourth-order valence-corrected chi connectivity index (χ4v) is 0.143. The van der Waals surface area contributed by atoms with Gasteiger partial charge >= 0.3 is 11.9 Å². The van der Waals surface area contributed by atoms with Crippen molar-refractivity contribution in [3.63, 3.8) is 0 Å². The van der Waals surface area contributed by atoms with Crippen molar-refractivity contribution in [2.75, 3.05) is 0 Å². The molecule has 1 radical (unpaired) electrons. The van der Waals surface area contributed by atoms with Gasteiger partial charge < -0.3 is 10.2 Å². The molecule has 0 atom stereocenters. The van der Waals surface area contributed by atoms with Crippen LogP contribution in [0.2, 0.25) is 0 Å². The van der Waals surface area contributed by atoms with E-state index in [9.17, 15) is 9.59 Å². The average Bonchev–Trinajstić information content (AvgIpc) is 1.61. The van der Waals surface area contributed by atoms with Crippen molar-refractivity contribution in [2.24, 2.45) is 0 Å². The van der Waals surface area contributed by atoms with Gasteiger partial charge in [-0.15, -0.1) is 0 Å². The second-order valence-electron chi connectivity index (χ2n) is 1.01. The number of hydrogen-bond acceptors (Lipinski definition) is 2. The molecule has 0 aromatic carbocycles. The van der Waals surface area contributed by atoms with Crippen LogP contribution in [-0.2, 0) is 29.1 Å². The Labute approximate surface area is 63.9 Å². The van der Waals surface area contributed by atoms with Crippen molar-refractivity contribution < 1.29 is 39.3 Å². The van der Waals surface area contributed by atoms with Crippen LogP contribution in [0.5, 0.6) is 0 Å². The third-order valence-electron chi connectivity index (χ3n) is 0.368. The Bertz CT molecular complexity index is 124. The average molecular weight is 219 g/mol. The van der Waals surface area contributed by atoms with Crippen molar-refractivity contribution in [1.82, 2.24) is 0 Å². The topological polar surface area (TPSA) is 74.6 Å². The van der Waals surface area contributed by atoms with Crippen molar-refractivity contribution in [2.45, 2.75) is 0 Å². The molecule has 9 heavy (non-hydrogen) atoms. The fraction of sp³-hybridized carbons (Fsp3) is 0. The Hall–Kier alpha value is -0.697. The Morgan fingerprint density at radius 3 is 1.33 bits per heavy atom. The molecule has 5 heteroatoms. The minimum atomic E-state index is -1.26. The summed E-state index contributed by atoms with van der Waals surface area (Å²) in [5, 5.41) is 15.6. The Balaban J connectivity index is 0. The molecule has 0 saturated carbocycles. The quantitative estimate of drug-likeness (QED) is 0.494. The summed E-state index contributed by atoms with van der Waals surface area (Å²) in [6, 6.07) is 0. The molecule has 0 saturated heterocycles. The summed E-state index contributed by atoms with van der Waals surface area (Å²) >= 11 is 0. The molecule has 0 bridgehead atoms. The van der Waals surface area contributed by atoms with Crippen molar-refractivity contribution >= 4 is 11.9 Å². The first kappa shape index (κ1) is 11.1. The molecule has 2 N–H and O–H groups in total. The van der Waals surface area contributed by atoms with E-state index < -0.39 is 11.9 Å². The molecule has 0 aromatic heterocycles. The molecule has 4 nitrogen and oxygen atoms in total. The van der Waals surface area contributed by atoms with Crippen LogP contribution in [0.1, 0.15) is 0 Å². The van der Waals surface area contributed by atoms with E-state index in [1.54, 1.807) is 0 Å². The first-order valence-corrected chi connectivity index (χ1v) is 1.77. The van der Waals surface area contributed by atoms with E-state index in [0.29, 0.717) is 12.2 Å². The first-order chi connectivity index (χ1) is 3.63. The zero-order chi connectivity index (χ0) is 6.57. The van der Waals surface area contributed by atoms with Gasteiger partial charge in [0.05, 0.1) is 0 Å². The molecule has 0 aliphatic carbocycles. The number of hydrogen-bond donors (Lipinski definition) is 2. The molecule has 0 aromatic rings. The summed E-state index contributed by atoms with van der Waals surface area (Å²) in [6.07, 6.45) is 1.12. The molecular formula is C4H4O4Rh. The van der Waals surface area contributed by atoms with Gasteiger partial charge in [0.15, 0.2) is 0 Å². The van der Waals surface area contributed by atoms with Crippen LogP contribution in [-0.4, -0.2) is 22.2 Å². The molecule has 0 fully saturated rings. The van der Waals surface area contributed by atoms with Crippen molar-refractivity contribution in [1.29, 1.82) is 0 Å². The van der Waals surface area contributed by atoms with Gasteiger partial charge in [0, 0.05) is 31.6 Å². The monoisotopic (exact) mass is 219 g/mol. The van der Waals surface area contributed by atoms with Gasteiger partial charge in [0.2, 0.25) is 0 Å².